The van der Waals surface area contributed by atoms with Crippen molar-refractivity contribution in [3.05, 3.63) is 64.7 Å². The Morgan fingerprint density at radius 1 is 0.947 bits per heavy atom. The van der Waals surface area contributed by atoms with E-state index in [1.807, 2.05) is 24.3 Å². The first-order valence-corrected chi connectivity index (χ1v) is 6.05. The monoisotopic (exact) mass is 242 g/mol. The van der Waals surface area contributed by atoms with Crippen molar-refractivity contribution in [1.29, 1.82) is 10.5 Å². The van der Waals surface area contributed by atoms with Gasteiger partial charge in [-0.25, -0.2) is 0 Å². The van der Waals surface area contributed by atoms with E-state index in [1.54, 1.807) is 6.08 Å². The van der Waals surface area contributed by atoms with Gasteiger partial charge in [-0.1, -0.05) is 42.5 Å². The number of hydrogen-bond donors (Lipinski definition) is 0. The fraction of sp³-hybridized carbons (Fsp3) is 0.0588. The predicted octanol–water partition coefficient (Wildman–Crippen LogP) is 3.69. The Balaban J connectivity index is 2.06. The summed E-state index contributed by atoms with van der Waals surface area (Å²) in [6, 6.07) is 18.2. The van der Waals surface area contributed by atoms with Crippen molar-refractivity contribution in [3.8, 4) is 23.3 Å². The lowest BCUT2D eigenvalue weighted by Gasteiger charge is -2.01. The molecule has 3 rings (SSSR count). The standard InChI is InChI=1S/C17H10N2/c18-10-13(11-19)7-12-5-6-17-15(8-12)9-14-3-1-2-4-16(14)17/h1-8H,9H2. The summed E-state index contributed by atoms with van der Waals surface area (Å²) in [5.41, 5.74) is 6.17. The molecule has 0 unspecified atom stereocenters. The van der Waals surface area contributed by atoms with Gasteiger partial charge in [-0.2, -0.15) is 10.5 Å². The average Bonchev–Trinajstić information content (AvgIpc) is 2.82. The Kier molecular flexibility index (Phi) is 2.63. The molecule has 0 heterocycles. The molecule has 0 amide bonds. The summed E-state index contributed by atoms with van der Waals surface area (Å²) in [5, 5.41) is 17.6. The predicted molar refractivity (Wildman–Crippen MR) is 73.9 cm³/mol. The Labute approximate surface area is 111 Å². The summed E-state index contributed by atoms with van der Waals surface area (Å²) in [6.07, 6.45) is 2.55. The quantitative estimate of drug-likeness (QED) is 0.611. The summed E-state index contributed by atoms with van der Waals surface area (Å²) in [7, 11) is 0. The lowest BCUT2D eigenvalue weighted by molar-refractivity contribution is 1.26. The molecule has 2 aromatic rings. The minimum atomic E-state index is 0.135. The largest absolute Gasteiger partial charge is 0.192 e. The zero-order valence-electron chi connectivity index (χ0n) is 10.2. The zero-order chi connectivity index (χ0) is 13.2. The Hall–Kier alpha value is -2.84. The topological polar surface area (TPSA) is 47.6 Å². The van der Waals surface area contributed by atoms with Gasteiger partial charge in [0.2, 0.25) is 0 Å². The maximum atomic E-state index is 8.78. The summed E-state index contributed by atoms with van der Waals surface area (Å²) < 4.78 is 0. The van der Waals surface area contributed by atoms with Gasteiger partial charge in [0.25, 0.3) is 0 Å². The van der Waals surface area contributed by atoms with Gasteiger partial charge >= 0.3 is 0 Å². The smallest absolute Gasteiger partial charge is 0.130 e. The van der Waals surface area contributed by atoms with Crippen LogP contribution in [-0.2, 0) is 6.42 Å². The fourth-order valence-electron chi connectivity index (χ4n) is 2.51. The second kappa shape index (κ2) is 4.44. The van der Waals surface area contributed by atoms with E-state index in [4.69, 9.17) is 10.5 Å². The second-order valence-electron chi connectivity index (χ2n) is 4.53. The Morgan fingerprint density at radius 2 is 1.68 bits per heavy atom. The summed E-state index contributed by atoms with van der Waals surface area (Å²) >= 11 is 0. The van der Waals surface area contributed by atoms with Gasteiger partial charge in [0.1, 0.15) is 17.7 Å². The van der Waals surface area contributed by atoms with Gasteiger partial charge in [0, 0.05) is 0 Å². The van der Waals surface area contributed by atoms with Gasteiger partial charge in [-0.15, -0.1) is 0 Å². The van der Waals surface area contributed by atoms with Crippen molar-refractivity contribution in [3.63, 3.8) is 0 Å². The highest BCUT2D eigenvalue weighted by Crippen LogP contribution is 2.36. The summed E-state index contributed by atoms with van der Waals surface area (Å²) in [6.45, 7) is 0. The van der Waals surface area contributed by atoms with E-state index in [0.29, 0.717) is 0 Å². The van der Waals surface area contributed by atoms with Gasteiger partial charge in [-0.05, 0) is 40.3 Å². The molecule has 0 saturated carbocycles. The maximum absolute atomic E-state index is 8.78. The van der Waals surface area contributed by atoms with Crippen LogP contribution in [0.5, 0.6) is 0 Å². The molecule has 0 saturated heterocycles. The van der Waals surface area contributed by atoms with Crippen molar-refractivity contribution in [1.82, 2.24) is 0 Å². The number of benzene rings is 2. The molecule has 0 N–H and O–H groups in total. The van der Waals surface area contributed by atoms with Crippen molar-refractivity contribution in [2.24, 2.45) is 0 Å². The van der Waals surface area contributed by atoms with Crippen LogP contribution in [-0.4, -0.2) is 0 Å². The van der Waals surface area contributed by atoms with Crippen LogP contribution in [0, 0.1) is 22.7 Å². The minimum Gasteiger partial charge on any atom is -0.192 e. The van der Waals surface area contributed by atoms with E-state index in [1.165, 1.54) is 22.3 Å². The van der Waals surface area contributed by atoms with Crippen LogP contribution < -0.4 is 0 Å². The molecule has 1 aliphatic rings. The lowest BCUT2D eigenvalue weighted by atomic mass is 10.0. The number of rotatable bonds is 1. The molecule has 19 heavy (non-hydrogen) atoms. The van der Waals surface area contributed by atoms with Crippen molar-refractivity contribution >= 4 is 6.08 Å². The number of hydrogen-bond acceptors (Lipinski definition) is 2. The van der Waals surface area contributed by atoms with E-state index in [0.717, 1.165) is 12.0 Å². The first-order valence-electron chi connectivity index (χ1n) is 6.05. The molecule has 1 aliphatic carbocycles. The summed E-state index contributed by atoms with van der Waals surface area (Å²) in [5.74, 6) is 0. The number of nitriles is 2. The van der Waals surface area contributed by atoms with Crippen LogP contribution in [0.25, 0.3) is 17.2 Å². The van der Waals surface area contributed by atoms with Gasteiger partial charge in [0.15, 0.2) is 0 Å². The highest BCUT2D eigenvalue weighted by molar-refractivity contribution is 5.78. The van der Waals surface area contributed by atoms with Crippen LogP contribution in [0.1, 0.15) is 16.7 Å². The normalized spacial score (nSPS) is 10.8. The third kappa shape index (κ3) is 1.90. The SMILES string of the molecule is N#CC(C#N)=Cc1ccc2c(c1)Cc1ccccc1-2. The third-order valence-corrected chi connectivity index (χ3v) is 3.37. The molecule has 2 heteroatoms. The van der Waals surface area contributed by atoms with Crippen LogP contribution in [0.3, 0.4) is 0 Å². The highest BCUT2D eigenvalue weighted by Gasteiger charge is 2.17. The maximum Gasteiger partial charge on any atom is 0.130 e. The summed E-state index contributed by atoms with van der Waals surface area (Å²) in [4.78, 5) is 0. The molecule has 0 fully saturated rings. The minimum absolute atomic E-state index is 0.135. The molecule has 2 aromatic carbocycles. The molecule has 0 atom stereocenters. The third-order valence-electron chi connectivity index (χ3n) is 3.37. The van der Waals surface area contributed by atoms with E-state index < -0.39 is 0 Å². The molecule has 2 nitrogen and oxygen atoms in total. The average molecular weight is 242 g/mol. The molecule has 88 valence electrons. The van der Waals surface area contributed by atoms with Crippen molar-refractivity contribution in [2.75, 3.05) is 0 Å². The zero-order valence-corrected chi connectivity index (χ0v) is 10.2. The lowest BCUT2D eigenvalue weighted by Crippen LogP contribution is -1.83. The first kappa shape index (κ1) is 11.3. The molecule has 0 spiro atoms. The molecule has 0 aromatic heterocycles. The molecular formula is C17H10N2. The Bertz CT molecular complexity index is 755. The van der Waals surface area contributed by atoms with E-state index in [2.05, 4.69) is 30.3 Å². The van der Waals surface area contributed by atoms with Gasteiger partial charge in [-0.3, -0.25) is 0 Å². The van der Waals surface area contributed by atoms with Crippen LogP contribution >= 0.6 is 0 Å². The van der Waals surface area contributed by atoms with Crippen molar-refractivity contribution < 1.29 is 0 Å². The van der Waals surface area contributed by atoms with E-state index >= 15 is 0 Å². The number of allylic oxidation sites excluding steroid dienone is 1. The fourth-order valence-corrected chi connectivity index (χ4v) is 2.51. The second-order valence-corrected chi connectivity index (χ2v) is 4.53. The first-order chi connectivity index (χ1) is 9.31. The van der Waals surface area contributed by atoms with Crippen LogP contribution in [0.2, 0.25) is 0 Å². The highest BCUT2D eigenvalue weighted by atomic mass is 14.3. The van der Waals surface area contributed by atoms with Crippen LogP contribution in [0.15, 0.2) is 48.0 Å². The van der Waals surface area contributed by atoms with E-state index in [9.17, 15) is 0 Å². The number of nitrogens with zero attached hydrogens (tertiary/aromatic N) is 2. The van der Waals surface area contributed by atoms with Gasteiger partial charge < -0.3 is 0 Å². The molecular weight excluding hydrogens is 232 g/mol. The van der Waals surface area contributed by atoms with E-state index in [-0.39, 0.29) is 5.57 Å². The number of fused-ring (bicyclic) bond motifs is 3. The molecule has 0 bridgehead atoms. The van der Waals surface area contributed by atoms with Crippen molar-refractivity contribution in [2.45, 2.75) is 6.42 Å². The molecule has 0 aliphatic heterocycles. The molecule has 0 radical (unpaired) electrons. The van der Waals surface area contributed by atoms with Gasteiger partial charge in [0.05, 0.1) is 0 Å². The Morgan fingerprint density at radius 3 is 2.47 bits per heavy atom. The van der Waals surface area contributed by atoms with Crippen LogP contribution in [0.4, 0.5) is 0 Å².